The molecule has 4 nitrogen and oxygen atoms in total. The summed E-state index contributed by atoms with van der Waals surface area (Å²) in [6.45, 7) is 17.2. The largest absolute Gasteiger partial charge is 0.393 e. The van der Waals surface area contributed by atoms with Crippen molar-refractivity contribution in [3.05, 3.63) is 0 Å². The van der Waals surface area contributed by atoms with Gasteiger partial charge < -0.3 is 19.8 Å². The monoisotopic (exact) mass is 355 g/mol. The molecule has 0 aliphatic heterocycles. The predicted molar refractivity (Wildman–Crippen MR) is 107 cm³/mol. The average Bonchev–Trinajstić information content (AvgIpc) is 2.06. The smallest absolute Gasteiger partial charge is 0.104 e. The molecule has 23 heavy (non-hydrogen) atoms. The van der Waals surface area contributed by atoms with E-state index in [0.29, 0.717) is 5.92 Å². The highest BCUT2D eigenvalue weighted by atomic mass is 31.2. The van der Waals surface area contributed by atoms with E-state index < -0.39 is 7.26 Å². The Hall–Kier alpha value is 0.270. The lowest BCUT2D eigenvalue weighted by Gasteiger charge is -2.24. The molecule has 0 saturated carbocycles. The summed E-state index contributed by atoms with van der Waals surface area (Å²) in [5.74, 6) is 0.625. The van der Waals surface area contributed by atoms with Gasteiger partial charge >= 0.3 is 0 Å². The summed E-state index contributed by atoms with van der Waals surface area (Å²) in [6, 6.07) is 0. The van der Waals surface area contributed by atoms with Crippen LogP contribution in [0.2, 0.25) is 0 Å². The first-order valence-corrected chi connectivity index (χ1v) is 11.9. The van der Waals surface area contributed by atoms with Gasteiger partial charge in [0, 0.05) is 27.3 Å². The summed E-state index contributed by atoms with van der Waals surface area (Å²) in [5, 5.41) is 26.5. The minimum absolute atomic E-state index is 0.108. The van der Waals surface area contributed by atoms with E-state index in [9.17, 15) is 0 Å². The molecule has 3 unspecified atom stereocenters. The maximum Gasteiger partial charge on any atom is 0.104 e. The van der Waals surface area contributed by atoms with Crippen molar-refractivity contribution in [1.82, 2.24) is 0 Å². The molecule has 0 heterocycles. The van der Waals surface area contributed by atoms with E-state index in [-0.39, 0.29) is 18.3 Å². The van der Waals surface area contributed by atoms with Crippen LogP contribution in [0.25, 0.3) is 0 Å². The fraction of sp³-hybridized carbons (Fsp3) is 1.00. The molecule has 3 atom stereocenters. The molecular weight excluding hydrogens is 309 g/mol. The summed E-state index contributed by atoms with van der Waals surface area (Å²) >= 11 is 0. The maximum absolute atomic E-state index is 8.92. The van der Waals surface area contributed by atoms with E-state index in [0.717, 1.165) is 23.6 Å². The first-order valence-electron chi connectivity index (χ1n) is 8.61. The van der Waals surface area contributed by atoms with Crippen molar-refractivity contribution in [2.45, 2.75) is 59.4 Å². The molecule has 0 fully saturated rings. The fourth-order valence-corrected chi connectivity index (χ4v) is 3.85. The third kappa shape index (κ3) is 44.9. The van der Waals surface area contributed by atoms with Gasteiger partial charge in [-0.25, -0.2) is 0 Å². The van der Waals surface area contributed by atoms with Gasteiger partial charge in [-0.1, -0.05) is 13.8 Å². The maximum atomic E-state index is 8.92. The standard InChI is InChI=1S/C6H16NO.C6H16OP.C6H14O/c1-6(8)5-7(2,3)4;1-6(7)5-8(2,3)4;1-5(2)4-6(3)7/h6,8H,5H2,1-4H3;6-7H,5H2,1-4H3;5-7H,4H2,1-3H3/q2*+1;. The van der Waals surface area contributed by atoms with E-state index in [1.165, 1.54) is 0 Å². The molecule has 0 aromatic heterocycles. The van der Waals surface area contributed by atoms with Crippen LogP contribution in [0.4, 0.5) is 0 Å². The van der Waals surface area contributed by atoms with Gasteiger partial charge in [-0.05, 0) is 33.1 Å². The first kappa shape index (κ1) is 28.1. The van der Waals surface area contributed by atoms with E-state index in [1.807, 2.05) is 20.8 Å². The van der Waals surface area contributed by atoms with E-state index >= 15 is 0 Å². The number of likely N-dealkylation sites (N-methyl/N-ethyl adjacent to an activating group) is 1. The zero-order valence-electron chi connectivity index (χ0n) is 17.7. The van der Waals surface area contributed by atoms with E-state index in [2.05, 4.69) is 55.0 Å². The van der Waals surface area contributed by atoms with Gasteiger partial charge in [-0.2, -0.15) is 0 Å². The molecule has 3 N–H and O–H groups in total. The molecule has 0 radical (unpaired) electrons. The second-order valence-electron chi connectivity index (χ2n) is 9.12. The van der Waals surface area contributed by atoms with Crippen molar-refractivity contribution in [3.8, 4) is 0 Å². The van der Waals surface area contributed by atoms with Crippen molar-refractivity contribution in [2.24, 2.45) is 5.92 Å². The Morgan fingerprint density at radius 1 is 0.739 bits per heavy atom. The summed E-state index contributed by atoms with van der Waals surface area (Å²) in [7, 11) is 5.46. The van der Waals surface area contributed by atoms with Crippen LogP contribution >= 0.6 is 7.26 Å². The number of quaternary nitrogens is 1. The number of aliphatic hydroxyl groups excluding tert-OH is 3. The lowest BCUT2D eigenvalue weighted by molar-refractivity contribution is -0.873. The Morgan fingerprint density at radius 2 is 1.13 bits per heavy atom. The second kappa shape index (κ2) is 13.5. The highest BCUT2D eigenvalue weighted by Crippen LogP contribution is 2.46. The zero-order valence-corrected chi connectivity index (χ0v) is 18.6. The minimum Gasteiger partial charge on any atom is -0.393 e. The molecule has 0 spiro atoms. The Bertz CT molecular complexity index is 228. The Kier molecular flexibility index (Phi) is 16.5. The van der Waals surface area contributed by atoms with Crippen LogP contribution in [0.1, 0.15) is 41.0 Å². The predicted octanol–water partition coefficient (Wildman–Crippen LogP) is 2.76. The first-order chi connectivity index (χ1) is 9.96. The number of rotatable bonds is 6. The normalized spacial score (nSPS) is 15.8. The topological polar surface area (TPSA) is 60.7 Å². The second-order valence-corrected chi connectivity index (χ2v) is 14.1. The quantitative estimate of drug-likeness (QED) is 0.507. The highest BCUT2D eigenvalue weighted by molar-refractivity contribution is 7.73. The van der Waals surface area contributed by atoms with Gasteiger partial charge in [-0.15, -0.1) is 0 Å². The SMILES string of the molecule is CC(C)CC(C)O.CC(O)C[N+](C)(C)C.CC(O)C[P+](C)(C)C. The van der Waals surface area contributed by atoms with E-state index in [4.69, 9.17) is 15.3 Å². The van der Waals surface area contributed by atoms with Crippen molar-refractivity contribution in [2.75, 3.05) is 53.8 Å². The van der Waals surface area contributed by atoms with Crippen LogP contribution in [0.5, 0.6) is 0 Å². The molecule has 0 saturated heterocycles. The lowest BCUT2D eigenvalue weighted by atomic mass is 10.1. The van der Waals surface area contributed by atoms with Crippen molar-refractivity contribution < 1.29 is 19.8 Å². The van der Waals surface area contributed by atoms with Crippen LogP contribution in [0.15, 0.2) is 0 Å². The minimum atomic E-state index is -0.722. The zero-order chi connectivity index (χ0) is 19.4. The molecule has 0 aromatic rings. The van der Waals surface area contributed by atoms with Crippen LogP contribution < -0.4 is 0 Å². The highest BCUT2D eigenvalue weighted by Gasteiger charge is 2.19. The van der Waals surface area contributed by atoms with Crippen LogP contribution in [0, 0.1) is 5.92 Å². The van der Waals surface area contributed by atoms with Crippen LogP contribution in [-0.2, 0) is 0 Å². The van der Waals surface area contributed by atoms with Crippen molar-refractivity contribution >= 4 is 7.26 Å². The Balaban J connectivity index is -0.000000262. The number of nitrogens with zero attached hydrogens (tertiary/aromatic N) is 1. The average molecular weight is 356 g/mol. The molecule has 0 bridgehead atoms. The van der Waals surface area contributed by atoms with Gasteiger partial charge in [0.15, 0.2) is 0 Å². The molecule has 5 heteroatoms. The Morgan fingerprint density at radius 3 is 1.13 bits per heavy atom. The third-order valence-corrected chi connectivity index (χ3v) is 4.06. The van der Waals surface area contributed by atoms with Crippen LogP contribution in [-0.4, -0.2) is 92.0 Å². The fourth-order valence-electron chi connectivity index (χ4n) is 2.27. The summed E-state index contributed by atoms with van der Waals surface area (Å²) in [5.41, 5.74) is 0. The molecule has 0 rings (SSSR count). The molecule has 0 amide bonds. The molecule has 0 aliphatic rings. The number of hydrogen-bond acceptors (Lipinski definition) is 3. The van der Waals surface area contributed by atoms with Crippen molar-refractivity contribution in [3.63, 3.8) is 0 Å². The third-order valence-electron chi connectivity index (χ3n) is 2.44. The summed E-state index contributed by atoms with van der Waals surface area (Å²) < 4.78 is 0.831. The van der Waals surface area contributed by atoms with Gasteiger partial charge in [0.25, 0.3) is 0 Å². The summed E-state index contributed by atoms with van der Waals surface area (Å²) in [6.07, 6.45) is 1.49. The van der Waals surface area contributed by atoms with Gasteiger partial charge in [0.1, 0.15) is 12.6 Å². The van der Waals surface area contributed by atoms with Crippen LogP contribution in [0.3, 0.4) is 0 Å². The molecule has 0 aromatic carbocycles. The number of hydrogen-bond donors (Lipinski definition) is 3. The molecule has 0 aliphatic carbocycles. The van der Waals surface area contributed by atoms with Crippen molar-refractivity contribution in [1.29, 1.82) is 0 Å². The molecular formula is C18H46NO3P+2. The Labute approximate surface area is 146 Å². The van der Waals surface area contributed by atoms with Gasteiger partial charge in [0.2, 0.25) is 0 Å². The number of aliphatic hydroxyl groups is 3. The van der Waals surface area contributed by atoms with Gasteiger partial charge in [-0.3, -0.25) is 0 Å². The molecule has 144 valence electrons. The lowest BCUT2D eigenvalue weighted by Crippen LogP contribution is -2.40. The summed E-state index contributed by atoms with van der Waals surface area (Å²) in [4.78, 5) is 0. The van der Waals surface area contributed by atoms with E-state index in [1.54, 1.807) is 0 Å². The van der Waals surface area contributed by atoms with Gasteiger partial charge in [0.05, 0.1) is 39.5 Å².